The molecular weight excluding hydrogens is 227 g/mol. The van der Waals surface area contributed by atoms with Crippen LogP contribution < -0.4 is 10.6 Å². The first-order valence-electron chi connectivity index (χ1n) is 5.65. The fourth-order valence-corrected chi connectivity index (χ4v) is 2.16. The maximum absolute atomic E-state index is 13.0. The largest absolute Gasteiger partial charge is 0.383 e. The molecule has 0 spiro atoms. The first-order chi connectivity index (χ1) is 7.75. The Kier molecular flexibility index (Phi) is 4.02. The zero-order chi connectivity index (χ0) is 11.4. The summed E-state index contributed by atoms with van der Waals surface area (Å²) in [6, 6.07) is 4.41. The molecule has 88 valence electrons. The molecule has 2 nitrogen and oxygen atoms in total. The number of piperidine rings is 1. The van der Waals surface area contributed by atoms with Gasteiger partial charge in [0.1, 0.15) is 5.82 Å². The summed E-state index contributed by atoms with van der Waals surface area (Å²) >= 11 is 5.97. The third kappa shape index (κ3) is 3.09. The van der Waals surface area contributed by atoms with Crippen molar-refractivity contribution in [2.45, 2.75) is 12.8 Å². The van der Waals surface area contributed by atoms with Crippen LogP contribution in [0.15, 0.2) is 18.2 Å². The number of rotatable bonds is 3. The smallest absolute Gasteiger partial charge is 0.125 e. The molecule has 0 radical (unpaired) electrons. The minimum Gasteiger partial charge on any atom is -0.383 e. The molecule has 2 rings (SSSR count). The second-order valence-electron chi connectivity index (χ2n) is 4.20. The van der Waals surface area contributed by atoms with Gasteiger partial charge in [0, 0.05) is 6.54 Å². The topological polar surface area (TPSA) is 24.1 Å². The highest BCUT2D eigenvalue weighted by molar-refractivity contribution is 6.33. The molecule has 4 heteroatoms. The van der Waals surface area contributed by atoms with Crippen LogP contribution in [0.25, 0.3) is 0 Å². The number of benzene rings is 1. The minimum absolute atomic E-state index is 0.253. The number of hydrogen-bond acceptors (Lipinski definition) is 2. The Balaban J connectivity index is 1.90. The molecule has 1 saturated heterocycles. The highest BCUT2D eigenvalue weighted by Crippen LogP contribution is 2.23. The van der Waals surface area contributed by atoms with Gasteiger partial charge in [0.25, 0.3) is 0 Å². The van der Waals surface area contributed by atoms with Gasteiger partial charge < -0.3 is 10.6 Å². The van der Waals surface area contributed by atoms with E-state index in [-0.39, 0.29) is 5.82 Å². The van der Waals surface area contributed by atoms with Gasteiger partial charge in [-0.25, -0.2) is 4.39 Å². The molecule has 0 aliphatic carbocycles. The number of hydrogen-bond donors (Lipinski definition) is 2. The molecule has 0 saturated carbocycles. The summed E-state index contributed by atoms with van der Waals surface area (Å²) in [6.07, 6.45) is 2.33. The number of anilines is 1. The molecular formula is C12H16ClFN2. The van der Waals surface area contributed by atoms with Gasteiger partial charge in [0.05, 0.1) is 10.7 Å². The van der Waals surface area contributed by atoms with Crippen molar-refractivity contribution in [1.29, 1.82) is 0 Å². The minimum atomic E-state index is -0.253. The van der Waals surface area contributed by atoms with Crippen molar-refractivity contribution in [1.82, 2.24) is 5.32 Å². The normalized spacial score (nSPS) is 17.4. The van der Waals surface area contributed by atoms with Crippen LogP contribution in [0.4, 0.5) is 10.1 Å². The molecule has 0 amide bonds. The van der Waals surface area contributed by atoms with E-state index in [0.717, 1.165) is 19.6 Å². The Morgan fingerprint density at radius 1 is 1.38 bits per heavy atom. The lowest BCUT2D eigenvalue weighted by Gasteiger charge is -2.23. The maximum atomic E-state index is 13.0. The molecule has 0 aromatic heterocycles. The van der Waals surface area contributed by atoms with E-state index in [4.69, 9.17) is 11.6 Å². The predicted molar refractivity (Wildman–Crippen MR) is 65.5 cm³/mol. The van der Waals surface area contributed by atoms with E-state index in [1.807, 2.05) is 0 Å². The van der Waals surface area contributed by atoms with Crippen molar-refractivity contribution in [2.75, 3.05) is 25.0 Å². The highest BCUT2D eigenvalue weighted by atomic mass is 35.5. The van der Waals surface area contributed by atoms with Gasteiger partial charge in [0.2, 0.25) is 0 Å². The number of nitrogens with one attached hydrogen (secondary N) is 2. The molecule has 0 unspecified atom stereocenters. The SMILES string of the molecule is Fc1ccc(Cl)c(NCC2CCNCC2)c1. The summed E-state index contributed by atoms with van der Waals surface area (Å²) in [6.45, 7) is 3.01. The second kappa shape index (κ2) is 5.51. The molecule has 1 aromatic carbocycles. The van der Waals surface area contributed by atoms with Crippen molar-refractivity contribution < 1.29 is 4.39 Å². The van der Waals surface area contributed by atoms with E-state index >= 15 is 0 Å². The van der Waals surface area contributed by atoms with Gasteiger partial charge in [0.15, 0.2) is 0 Å². The Bertz CT molecular complexity index is 351. The van der Waals surface area contributed by atoms with Crippen LogP contribution in [0, 0.1) is 11.7 Å². The van der Waals surface area contributed by atoms with Crippen molar-refractivity contribution in [3.63, 3.8) is 0 Å². The Hall–Kier alpha value is -0.800. The van der Waals surface area contributed by atoms with Gasteiger partial charge >= 0.3 is 0 Å². The van der Waals surface area contributed by atoms with E-state index in [2.05, 4.69) is 10.6 Å². The zero-order valence-electron chi connectivity index (χ0n) is 9.10. The monoisotopic (exact) mass is 242 g/mol. The average molecular weight is 243 g/mol. The van der Waals surface area contributed by atoms with Crippen molar-refractivity contribution in [3.05, 3.63) is 29.0 Å². The lowest BCUT2D eigenvalue weighted by molar-refractivity contribution is 0.390. The van der Waals surface area contributed by atoms with Gasteiger partial charge in [-0.1, -0.05) is 11.6 Å². The van der Waals surface area contributed by atoms with Crippen molar-refractivity contribution >= 4 is 17.3 Å². The first kappa shape index (κ1) is 11.7. The van der Waals surface area contributed by atoms with E-state index in [1.165, 1.54) is 25.0 Å². The van der Waals surface area contributed by atoms with Crippen LogP contribution >= 0.6 is 11.6 Å². The quantitative estimate of drug-likeness (QED) is 0.852. The molecule has 1 aliphatic rings. The molecule has 16 heavy (non-hydrogen) atoms. The molecule has 1 heterocycles. The van der Waals surface area contributed by atoms with Crippen LogP contribution in [0.5, 0.6) is 0 Å². The van der Waals surface area contributed by atoms with Crippen LogP contribution in [-0.4, -0.2) is 19.6 Å². The van der Waals surface area contributed by atoms with Crippen LogP contribution in [0.1, 0.15) is 12.8 Å². The van der Waals surface area contributed by atoms with Crippen LogP contribution in [0.2, 0.25) is 5.02 Å². The second-order valence-corrected chi connectivity index (χ2v) is 4.61. The molecule has 2 N–H and O–H groups in total. The fraction of sp³-hybridized carbons (Fsp3) is 0.500. The lowest BCUT2D eigenvalue weighted by Crippen LogP contribution is -2.31. The van der Waals surface area contributed by atoms with Crippen LogP contribution in [-0.2, 0) is 0 Å². The van der Waals surface area contributed by atoms with Crippen molar-refractivity contribution in [3.8, 4) is 0 Å². The standard InChI is InChI=1S/C12H16ClFN2/c13-11-2-1-10(14)7-12(11)16-8-9-3-5-15-6-4-9/h1-2,7,9,15-16H,3-6,8H2. The average Bonchev–Trinajstić information content (AvgIpc) is 2.32. The van der Waals surface area contributed by atoms with E-state index in [1.54, 1.807) is 6.07 Å². The Morgan fingerprint density at radius 3 is 2.88 bits per heavy atom. The van der Waals surface area contributed by atoms with Gasteiger partial charge in [-0.05, 0) is 50.0 Å². The van der Waals surface area contributed by atoms with Crippen molar-refractivity contribution in [2.24, 2.45) is 5.92 Å². The summed E-state index contributed by atoms with van der Waals surface area (Å²) in [4.78, 5) is 0. The lowest BCUT2D eigenvalue weighted by atomic mass is 9.98. The van der Waals surface area contributed by atoms with Crippen LogP contribution in [0.3, 0.4) is 0 Å². The number of halogens is 2. The van der Waals surface area contributed by atoms with Gasteiger partial charge in [-0.2, -0.15) is 0 Å². The first-order valence-corrected chi connectivity index (χ1v) is 6.03. The van der Waals surface area contributed by atoms with E-state index in [0.29, 0.717) is 16.6 Å². The highest BCUT2D eigenvalue weighted by Gasteiger charge is 2.13. The van der Waals surface area contributed by atoms with E-state index in [9.17, 15) is 4.39 Å². The summed E-state index contributed by atoms with van der Waals surface area (Å²) < 4.78 is 13.0. The molecule has 1 fully saturated rings. The Morgan fingerprint density at radius 2 is 2.12 bits per heavy atom. The molecule has 1 aromatic rings. The third-order valence-corrected chi connectivity index (χ3v) is 3.30. The molecule has 1 aliphatic heterocycles. The molecule has 0 bridgehead atoms. The fourth-order valence-electron chi connectivity index (χ4n) is 1.97. The predicted octanol–water partition coefficient (Wildman–Crippen LogP) is 2.89. The summed E-state index contributed by atoms with van der Waals surface area (Å²) in [5.74, 6) is 0.401. The summed E-state index contributed by atoms with van der Waals surface area (Å²) in [5, 5.41) is 7.12. The summed E-state index contributed by atoms with van der Waals surface area (Å²) in [7, 11) is 0. The third-order valence-electron chi connectivity index (χ3n) is 2.97. The maximum Gasteiger partial charge on any atom is 0.125 e. The molecule has 0 atom stereocenters. The van der Waals surface area contributed by atoms with Gasteiger partial charge in [-0.3, -0.25) is 0 Å². The summed E-state index contributed by atoms with van der Waals surface area (Å²) in [5.41, 5.74) is 0.695. The van der Waals surface area contributed by atoms with E-state index < -0.39 is 0 Å². The Labute approximate surface area is 100 Å². The zero-order valence-corrected chi connectivity index (χ0v) is 9.86. The van der Waals surface area contributed by atoms with Gasteiger partial charge in [-0.15, -0.1) is 0 Å².